The molecule has 4 heteroatoms. The molecule has 0 saturated carbocycles. The Morgan fingerprint density at radius 2 is 2.36 bits per heavy atom. The monoisotopic (exact) mass is 201 g/mol. The van der Waals surface area contributed by atoms with Crippen LogP contribution in [0.3, 0.4) is 0 Å². The predicted molar refractivity (Wildman–Crippen MR) is 53.1 cm³/mol. The molecule has 0 N–H and O–H groups in total. The lowest BCUT2D eigenvalue weighted by atomic mass is 10.1. The highest BCUT2D eigenvalue weighted by atomic mass is 16.5. The van der Waals surface area contributed by atoms with E-state index >= 15 is 0 Å². The van der Waals surface area contributed by atoms with E-state index < -0.39 is 0 Å². The number of rotatable bonds is 3. The minimum absolute atomic E-state index is 0.00130. The first-order valence-corrected chi connectivity index (χ1v) is 5.09. The molecule has 1 rings (SSSR count). The third-order valence-corrected chi connectivity index (χ3v) is 2.66. The summed E-state index contributed by atoms with van der Waals surface area (Å²) >= 11 is 0. The first kappa shape index (κ1) is 11.5. The standard InChI is InChI=1S/C10H19NO3/c1-4-11-6-9(5-10(12)13-3)14-7-8(11)2/h8-9H,4-7H2,1-3H3. The molecule has 1 aliphatic rings. The molecule has 82 valence electrons. The highest BCUT2D eigenvalue weighted by Gasteiger charge is 2.26. The van der Waals surface area contributed by atoms with Crippen molar-refractivity contribution in [3.63, 3.8) is 0 Å². The Bertz CT molecular complexity index is 196. The third-order valence-electron chi connectivity index (χ3n) is 2.66. The number of esters is 1. The van der Waals surface area contributed by atoms with Crippen molar-refractivity contribution < 1.29 is 14.3 Å². The van der Waals surface area contributed by atoms with Crippen molar-refractivity contribution in [2.75, 3.05) is 26.8 Å². The van der Waals surface area contributed by atoms with E-state index in [1.54, 1.807) is 0 Å². The maximum Gasteiger partial charge on any atom is 0.308 e. The molecule has 1 fully saturated rings. The summed E-state index contributed by atoms with van der Waals surface area (Å²) in [7, 11) is 1.41. The predicted octanol–water partition coefficient (Wildman–Crippen LogP) is 0.659. The fourth-order valence-electron chi connectivity index (χ4n) is 1.71. The minimum atomic E-state index is -0.194. The van der Waals surface area contributed by atoms with Crippen LogP contribution in [0.1, 0.15) is 20.3 Å². The van der Waals surface area contributed by atoms with E-state index in [1.807, 2.05) is 0 Å². The lowest BCUT2D eigenvalue weighted by molar-refractivity contribution is -0.146. The van der Waals surface area contributed by atoms with E-state index in [9.17, 15) is 4.79 Å². The molecule has 1 heterocycles. The zero-order valence-corrected chi connectivity index (χ0v) is 9.16. The summed E-state index contributed by atoms with van der Waals surface area (Å²) in [5.74, 6) is -0.194. The third kappa shape index (κ3) is 2.96. The van der Waals surface area contributed by atoms with E-state index in [0.717, 1.165) is 13.1 Å². The van der Waals surface area contributed by atoms with Crippen LogP contribution in [0.2, 0.25) is 0 Å². The number of likely N-dealkylation sites (N-methyl/N-ethyl adjacent to an activating group) is 1. The maximum atomic E-state index is 11.0. The van der Waals surface area contributed by atoms with Gasteiger partial charge in [0.05, 0.1) is 26.2 Å². The average molecular weight is 201 g/mol. The second-order valence-electron chi connectivity index (χ2n) is 3.67. The van der Waals surface area contributed by atoms with Crippen molar-refractivity contribution >= 4 is 5.97 Å². The summed E-state index contributed by atoms with van der Waals surface area (Å²) in [6.45, 7) is 6.79. The summed E-state index contributed by atoms with van der Waals surface area (Å²) in [6.07, 6.45) is 0.360. The Morgan fingerprint density at radius 3 is 2.93 bits per heavy atom. The van der Waals surface area contributed by atoms with E-state index in [1.165, 1.54) is 7.11 Å². The number of methoxy groups -OCH3 is 1. The van der Waals surface area contributed by atoms with Crippen LogP contribution in [-0.2, 0) is 14.3 Å². The zero-order valence-electron chi connectivity index (χ0n) is 9.16. The average Bonchev–Trinajstić information content (AvgIpc) is 2.20. The number of morpholine rings is 1. The van der Waals surface area contributed by atoms with Crippen molar-refractivity contribution in [1.82, 2.24) is 4.90 Å². The Balaban J connectivity index is 2.38. The zero-order chi connectivity index (χ0) is 10.6. The van der Waals surface area contributed by atoms with Gasteiger partial charge in [-0.3, -0.25) is 9.69 Å². The van der Waals surface area contributed by atoms with Crippen LogP contribution >= 0.6 is 0 Å². The molecule has 1 aliphatic heterocycles. The van der Waals surface area contributed by atoms with E-state index in [-0.39, 0.29) is 12.1 Å². The van der Waals surface area contributed by atoms with Crippen LogP contribution in [0.4, 0.5) is 0 Å². The largest absolute Gasteiger partial charge is 0.469 e. The molecule has 0 aromatic rings. The van der Waals surface area contributed by atoms with Crippen LogP contribution < -0.4 is 0 Å². The molecule has 0 spiro atoms. The van der Waals surface area contributed by atoms with Gasteiger partial charge in [0.25, 0.3) is 0 Å². The van der Waals surface area contributed by atoms with Crippen molar-refractivity contribution in [3.8, 4) is 0 Å². The summed E-state index contributed by atoms with van der Waals surface area (Å²) < 4.78 is 10.2. The van der Waals surface area contributed by atoms with Crippen molar-refractivity contribution in [2.24, 2.45) is 0 Å². The van der Waals surface area contributed by atoms with Gasteiger partial charge in [-0.25, -0.2) is 0 Å². The molecule has 2 unspecified atom stereocenters. The molecule has 4 nitrogen and oxygen atoms in total. The van der Waals surface area contributed by atoms with Gasteiger partial charge < -0.3 is 9.47 Å². The van der Waals surface area contributed by atoms with Crippen molar-refractivity contribution in [3.05, 3.63) is 0 Å². The SMILES string of the molecule is CCN1CC(CC(=O)OC)OCC1C. The Kier molecular flexibility index (Phi) is 4.35. The van der Waals surface area contributed by atoms with Gasteiger partial charge in [0, 0.05) is 12.6 Å². The molecule has 0 aromatic carbocycles. The molecule has 14 heavy (non-hydrogen) atoms. The highest BCUT2D eigenvalue weighted by Crippen LogP contribution is 2.13. The van der Waals surface area contributed by atoms with Gasteiger partial charge in [-0.05, 0) is 13.5 Å². The molecule has 0 radical (unpaired) electrons. The van der Waals surface area contributed by atoms with Crippen LogP contribution in [0, 0.1) is 0 Å². The minimum Gasteiger partial charge on any atom is -0.469 e. The number of ether oxygens (including phenoxy) is 2. The first-order chi connectivity index (χ1) is 6.67. The lowest BCUT2D eigenvalue weighted by Gasteiger charge is -2.36. The maximum absolute atomic E-state index is 11.0. The second-order valence-corrected chi connectivity index (χ2v) is 3.67. The quantitative estimate of drug-likeness (QED) is 0.629. The molecule has 1 saturated heterocycles. The van der Waals surface area contributed by atoms with Gasteiger partial charge >= 0.3 is 5.97 Å². The van der Waals surface area contributed by atoms with Crippen LogP contribution in [0.25, 0.3) is 0 Å². The van der Waals surface area contributed by atoms with E-state index in [4.69, 9.17) is 4.74 Å². The summed E-state index contributed by atoms with van der Waals surface area (Å²) in [6, 6.07) is 0.453. The number of nitrogens with zero attached hydrogens (tertiary/aromatic N) is 1. The van der Waals surface area contributed by atoms with Gasteiger partial charge in [-0.15, -0.1) is 0 Å². The fraction of sp³-hybridized carbons (Fsp3) is 0.900. The van der Waals surface area contributed by atoms with Gasteiger partial charge in [0.1, 0.15) is 0 Å². The number of carbonyl (C=O) groups is 1. The van der Waals surface area contributed by atoms with Gasteiger partial charge in [-0.1, -0.05) is 6.92 Å². The summed E-state index contributed by atoms with van der Waals surface area (Å²) in [4.78, 5) is 13.4. The number of carbonyl (C=O) groups excluding carboxylic acids is 1. The number of hydrogen-bond donors (Lipinski definition) is 0. The van der Waals surface area contributed by atoms with E-state index in [2.05, 4.69) is 23.5 Å². The Morgan fingerprint density at radius 1 is 1.64 bits per heavy atom. The second kappa shape index (κ2) is 5.32. The number of hydrogen-bond acceptors (Lipinski definition) is 4. The van der Waals surface area contributed by atoms with Gasteiger partial charge in [0.2, 0.25) is 0 Å². The molecular weight excluding hydrogens is 182 g/mol. The molecule has 0 bridgehead atoms. The van der Waals surface area contributed by atoms with Gasteiger partial charge in [-0.2, -0.15) is 0 Å². The van der Waals surface area contributed by atoms with Crippen molar-refractivity contribution in [2.45, 2.75) is 32.4 Å². The van der Waals surface area contributed by atoms with Crippen LogP contribution in [0.5, 0.6) is 0 Å². The molecule has 0 amide bonds. The Hall–Kier alpha value is -0.610. The molecule has 0 aliphatic carbocycles. The van der Waals surface area contributed by atoms with Crippen LogP contribution in [-0.4, -0.2) is 49.8 Å². The first-order valence-electron chi connectivity index (χ1n) is 5.09. The van der Waals surface area contributed by atoms with Gasteiger partial charge in [0.15, 0.2) is 0 Å². The smallest absolute Gasteiger partial charge is 0.308 e. The molecular formula is C10H19NO3. The summed E-state index contributed by atoms with van der Waals surface area (Å²) in [5.41, 5.74) is 0. The fourth-order valence-corrected chi connectivity index (χ4v) is 1.71. The topological polar surface area (TPSA) is 38.8 Å². The van der Waals surface area contributed by atoms with Crippen LogP contribution in [0.15, 0.2) is 0 Å². The molecule has 2 atom stereocenters. The lowest BCUT2D eigenvalue weighted by Crippen LogP contribution is -2.48. The van der Waals surface area contributed by atoms with Crippen molar-refractivity contribution in [1.29, 1.82) is 0 Å². The Labute approximate surface area is 85.2 Å². The van der Waals surface area contributed by atoms with E-state index in [0.29, 0.717) is 19.1 Å². The normalized spacial score (nSPS) is 28.8. The molecule has 0 aromatic heterocycles. The summed E-state index contributed by atoms with van der Waals surface area (Å²) in [5, 5.41) is 0. The highest BCUT2D eigenvalue weighted by molar-refractivity contribution is 5.69.